The number of aliphatic hydroxyl groups is 1. The summed E-state index contributed by atoms with van der Waals surface area (Å²) < 4.78 is 6.45. The molecule has 0 radical (unpaired) electrons. The van der Waals surface area contributed by atoms with Crippen LogP contribution in [0.5, 0.6) is 5.75 Å². The van der Waals surface area contributed by atoms with Crippen LogP contribution in [0.2, 0.25) is 0 Å². The Morgan fingerprint density at radius 2 is 2.06 bits per heavy atom. The van der Waals surface area contributed by atoms with Crippen LogP contribution in [-0.4, -0.2) is 59.7 Å². The number of aliphatic hydroxyl groups excluding tert-OH is 1. The highest BCUT2D eigenvalue weighted by molar-refractivity contribution is 5.68. The third kappa shape index (κ3) is 4.69. The van der Waals surface area contributed by atoms with Gasteiger partial charge in [-0.15, -0.1) is 0 Å². The minimum atomic E-state index is -0.512. The van der Waals surface area contributed by atoms with Gasteiger partial charge in [0.05, 0.1) is 30.4 Å². The molecule has 10 nitrogen and oxygen atoms in total. The summed E-state index contributed by atoms with van der Waals surface area (Å²) in [6, 6.07) is 13.6. The van der Waals surface area contributed by atoms with Crippen LogP contribution in [0.1, 0.15) is 19.8 Å². The number of benzene rings is 2. The van der Waals surface area contributed by atoms with Gasteiger partial charge in [-0.05, 0) is 50.1 Å². The maximum atomic E-state index is 13.6. The Labute approximate surface area is 203 Å². The zero-order chi connectivity index (χ0) is 25.1. The predicted octanol–water partition coefficient (Wildman–Crippen LogP) is 3.23. The summed E-state index contributed by atoms with van der Waals surface area (Å²) in [6.45, 7) is 3.19. The summed E-state index contributed by atoms with van der Waals surface area (Å²) in [4.78, 5) is 28.8. The second-order valence-corrected chi connectivity index (χ2v) is 8.48. The SMILES string of the molecule is CCN(C)c1cc(-c2cccc(OC)c2)nn(-c2cc(N3CCCC3CO)ccc2[N+](=O)[O-])c1=O. The first-order valence-electron chi connectivity index (χ1n) is 11.5. The Morgan fingerprint density at radius 1 is 1.26 bits per heavy atom. The number of rotatable bonds is 8. The fourth-order valence-electron chi connectivity index (χ4n) is 4.39. The van der Waals surface area contributed by atoms with Gasteiger partial charge in [-0.2, -0.15) is 9.78 Å². The first-order chi connectivity index (χ1) is 16.9. The molecule has 184 valence electrons. The molecular weight excluding hydrogens is 450 g/mol. The Hall–Kier alpha value is -3.92. The zero-order valence-corrected chi connectivity index (χ0v) is 20.0. The summed E-state index contributed by atoms with van der Waals surface area (Å²) >= 11 is 0. The highest BCUT2D eigenvalue weighted by Crippen LogP contribution is 2.32. The highest BCUT2D eigenvalue weighted by Gasteiger charge is 2.27. The van der Waals surface area contributed by atoms with E-state index in [1.54, 1.807) is 49.4 Å². The summed E-state index contributed by atoms with van der Waals surface area (Å²) in [5.41, 5.74) is 1.66. The fraction of sp³-hybridized carbons (Fsp3) is 0.360. The molecule has 3 aromatic rings. The Bertz CT molecular complexity index is 1290. The van der Waals surface area contributed by atoms with Crippen molar-refractivity contribution in [2.24, 2.45) is 0 Å². The summed E-state index contributed by atoms with van der Waals surface area (Å²) in [5.74, 6) is 0.629. The zero-order valence-electron chi connectivity index (χ0n) is 20.0. The molecule has 0 bridgehead atoms. The minimum Gasteiger partial charge on any atom is -0.497 e. The third-order valence-electron chi connectivity index (χ3n) is 6.45. The van der Waals surface area contributed by atoms with E-state index < -0.39 is 10.5 Å². The van der Waals surface area contributed by atoms with Gasteiger partial charge in [0.1, 0.15) is 17.1 Å². The predicted molar refractivity (Wildman–Crippen MR) is 135 cm³/mol. The average molecular weight is 480 g/mol. The average Bonchev–Trinajstić information content (AvgIpc) is 3.37. The molecule has 4 rings (SSSR count). The maximum absolute atomic E-state index is 13.6. The molecule has 0 amide bonds. The Kier molecular flexibility index (Phi) is 7.02. The molecule has 1 saturated heterocycles. The quantitative estimate of drug-likeness (QED) is 0.387. The fourth-order valence-corrected chi connectivity index (χ4v) is 4.39. The molecule has 1 fully saturated rings. The minimum absolute atomic E-state index is 0.0126. The smallest absolute Gasteiger partial charge is 0.295 e. The molecule has 10 heteroatoms. The molecule has 1 N–H and O–H groups in total. The first kappa shape index (κ1) is 24.2. The Morgan fingerprint density at radius 3 is 2.74 bits per heavy atom. The summed E-state index contributed by atoms with van der Waals surface area (Å²) in [7, 11) is 3.36. The number of nitro benzene ring substituents is 1. The lowest BCUT2D eigenvalue weighted by Gasteiger charge is -2.26. The van der Waals surface area contributed by atoms with Gasteiger partial charge in [-0.3, -0.25) is 14.9 Å². The first-order valence-corrected chi connectivity index (χ1v) is 11.5. The maximum Gasteiger partial charge on any atom is 0.295 e. The Balaban J connectivity index is 1.96. The van der Waals surface area contributed by atoms with Crippen LogP contribution in [0.3, 0.4) is 0 Å². The van der Waals surface area contributed by atoms with Gasteiger partial charge in [0.25, 0.3) is 11.2 Å². The van der Waals surface area contributed by atoms with Crippen molar-refractivity contribution in [3.8, 4) is 22.7 Å². The molecule has 1 atom stereocenters. The van der Waals surface area contributed by atoms with Crippen molar-refractivity contribution < 1.29 is 14.8 Å². The van der Waals surface area contributed by atoms with E-state index in [1.807, 2.05) is 24.0 Å². The lowest BCUT2D eigenvalue weighted by molar-refractivity contribution is -0.384. The topological polar surface area (TPSA) is 114 Å². The lowest BCUT2D eigenvalue weighted by Crippen LogP contribution is -2.33. The van der Waals surface area contributed by atoms with Crippen molar-refractivity contribution in [2.75, 3.05) is 43.7 Å². The number of nitrogens with zero attached hydrogens (tertiary/aromatic N) is 5. The largest absolute Gasteiger partial charge is 0.497 e. The van der Waals surface area contributed by atoms with E-state index in [-0.39, 0.29) is 24.0 Å². The molecule has 1 aliphatic heterocycles. The number of ether oxygens (including phenoxy) is 1. The summed E-state index contributed by atoms with van der Waals surface area (Å²) in [6.07, 6.45) is 1.74. The van der Waals surface area contributed by atoms with Gasteiger partial charge >= 0.3 is 0 Å². The number of anilines is 2. The molecule has 1 aromatic heterocycles. The van der Waals surface area contributed by atoms with E-state index in [2.05, 4.69) is 5.10 Å². The van der Waals surface area contributed by atoms with Crippen molar-refractivity contribution in [2.45, 2.75) is 25.8 Å². The van der Waals surface area contributed by atoms with Crippen molar-refractivity contribution in [1.29, 1.82) is 0 Å². The second-order valence-electron chi connectivity index (χ2n) is 8.48. The van der Waals surface area contributed by atoms with E-state index in [0.717, 1.165) is 24.1 Å². The molecule has 0 spiro atoms. The molecular formula is C25H29N5O5. The van der Waals surface area contributed by atoms with Crippen LogP contribution in [0.15, 0.2) is 53.3 Å². The number of hydrogen-bond donors (Lipinski definition) is 1. The standard InChI is InChI=1S/C25H29N5O5/c1-4-27(2)24-15-21(17-7-5-9-20(13-17)35-3)26-29(25(24)32)23-14-18(10-11-22(23)30(33)34)28-12-6-8-19(28)16-31/h5,7,9-11,13-15,19,31H,4,6,8,12,16H2,1-3H3. The van der Waals surface area contributed by atoms with E-state index in [0.29, 0.717) is 34.9 Å². The van der Waals surface area contributed by atoms with Crippen LogP contribution in [0.4, 0.5) is 17.1 Å². The second kappa shape index (κ2) is 10.1. The summed E-state index contributed by atoms with van der Waals surface area (Å²) in [5, 5.41) is 26.3. The number of methoxy groups -OCH3 is 1. The molecule has 2 heterocycles. The van der Waals surface area contributed by atoms with Gasteiger partial charge in [0.15, 0.2) is 0 Å². The third-order valence-corrected chi connectivity index (χ3v) is 6.45. The number of nitro groups is 1. The van der Waals surface area contributed by atoms with Gasteiger partial charge in [0, 0.05) is 37.5 Å². The molecule has 1 aliphatic rings. The molecule has 0 aliphatic carbocycles. The van der Waals surface area contributed by atoms with Gasteiger partial charge < -0.3 is 19.6 Å². The van der Waals surface area contributed by atoms with Gasteiger partial charge in [-0.1, -0.05) is 12.1 Å². The van der Waals surface area contributed by atoms with Crippen molar-refractivity contribution in [3.63, 3.8) is 0 Å². The molecule has 35 heavy (non-hydrogen) atoms. The van der Waals surface area contributed by atoms with Crippen LogP contribution < -0.4 is 20.1 Å². The molecule has 0 saturated carbocycles. The normalized spacial score (nSPS) is 15.3. The van der Waals surface area contributed by atoms with Crippen LogP contribution in [0.25, 0.3) is 16.9 Å². The van der Waals surface area contributed by atoms with Crippen molar-refractivity contribution >= 4 is 17.1 Å². The van der Waals surface area contributed by atoms with Crippen LogP contribution in [0, 0.1) is 10.1 Å². The van der Waals surface area contributed by atoms with E-state index in [4.69, 9.17) is 4.74 Å². The van der Waals surface area contributed by atoms with Gasteiger partial charge in [0.2, 0.25) is 0 Å². The monoisotopic (exact) mass is 479 g/mol. The van der Waals surface area contributed by atoms with Crippen molar-refractivity contribution in [3.05, 3.63) is 69.0 Å². The lowest BCUT2D eigenvalue weighted by atomic mass is 10.1. The number of aromatic nitrogens is 2. The van der Waals surface area contributed by atoms with E-state index in [1.165, 1.54) is 6.07 Å². The molecule has 1 unspecified atom stereocenters. The van der Waals surface area contributed by atoms with Crippen LogP contribution >= 0.6 is 0 Å². The highest BCUT2D eigenvalue weighted by atomic mass is 16.6. The van der Waals surface area contributed by atoms with E-state index >= 15 is 0 Å². The molecule has 2 aromatic carbocycles. The van der Waals surface area contributed by atoms with Crippen LogP contribution in [-0.2, 0) is 0 Å². The number of hydrogen-bond acceptors (Lipinski definition) is 8. The van der Waals surface area contributed by atoms with Gasteiger partial charge in [-0.25, -0.2) is 0 Å². The van der Waals surface area contributed by atoms with Crippen molar-refractivity contribution in [1.82, 2.24) is 9.78 Å². The van der Waals surface area contributed by atoms with E-state index in [9.17, 15) is 20.0 Å².